The Kier molecular flexibility index (Phi) is 9.00. The van der Waals surface area contributed by atoms with Gasteiger partial charge in [0, 0.05) is 0 Å². The lowest BCUT2D eigenvalue weighted by Crippen LogP contribution is -2.31. The monoisotopic (exact) mass is 348 g/mol. The van der Waals surface area contributed by atoms with Crippen LogP contribution >= 0.6 is 0 Å². The topological polar surface area (TPSA) is 78.9 Å². The molecular weight excluding hydrogens is 324 g/mol. The number of esters is 3. The van der Waals surface area contributed by atoms with Crippen LogP contribution in [0.2, 0.25) is 0 Å². The number of hydrogen-bond acceptors (Lipinski definition) is 6. The van der Waals surface area contributed by atoms with Crippen molar-refractivity contribution in [3.8, 4) is 0 Å². The summed E-state index contributed by atoms with van der Waals surface area (Å²) < 4.78 is 15.0. The van der Waals surface area contributed by atoms with Gasteiger partial charge in [-0.3, -0.25) is 0 Å². The molecule has 0 bridgehead atoms. The van der Waals surface area contributed by atoms with E-state index in [0.717, 1.165) is 12.0 Å². The zero-order valence-electron chi connectivity index (χ0n) is 14.7. The molecule has 0 aromatic heterocycles. The van der Waals surface area contributed by atoms with Gasteiger partial charge < -0.3 is 14.2 Å². The largest absolute Gasteiger partial charge is 0.462 e. The van der Waals surface area contributed by atoms with Crippen LogP contribution in [-0.4, -0.2) is 30.6 Å². The van der Waals surface area contributed by atoms with Gasteiger partial charge in [0.25, 0.3) is 0 Å². The lowest BCUT2D eigenvalue weighted by molar-refractivity contribution is -0.168. The zero-order chi connectivity index (χ0) is 18.7. The molecule has 1 rings (SSSR count). The molecule has 0 saturated carbocycles. The number of carbonyl (C=O) groups is 3. The summed E-state index contributed by atoms with van der Waals surface area (Å²) in [6.45, 7) is 7.12. The molecule has 0 radical (unpaired) electrons. The number of rotatable bonds is 10. The van der Waals surface area contributed by atoms with Crippen LogP contribution in [0.25, 0.3) is 0 Å². The third-order valence-electron chi connectivity index (χ3n) is 3.32. The van der Waals surface area contributed by atoms with Crippen molar-refractivity contribution in [2.45, 2.75) is 45.8 Å². The standard InChI is InChI=1S/C19H24O6/c1-4-6-12-16(25-18(21)14(3)17(20)23-5-2)19(22)24-13-15-10-8-7-9-11-15/h7-11,16H,3-6,12-13H2,1-2H3. The average molecular weight is 348 g/mol. The summed E-state index contributed by atoms with van der Waals surface area (Å²) in [6.07, 6.45) is 0.720. The van der Waals surface area contributed by atoms with Crippen molar-refractivity contribution in [2.75, 3.05) is 6.61 Å². The van der Waals surface area contributed by atoms with Gasteiger partial charge in [0.2, 0.25) is 0 Å². The minimum absolute atomic E-state index is 0.0820. The summed E-state index contributed by atoms with van der Waals surface area (Å²) in [5.41, 5.74) is 0.381. The highest BCUT2D eigenvalue weighted by molar-refractivity contribution is 6.13. The highest BCUT2D eigenvalue weighted by Gasteiger charge is 2.28. The Hall–Kier alpha value is -2.63. The van der Waals surface area contributed by atoms with Crippen molar-refractivity contribution >= 4 is 17.9 Å². The number of benzene rings is 1. The first-order valence-corrected chi connectivity index (χ1v) is 8.27. The van der Waals surface area contributed by atoms with Crippen LogP contribution in [-0.2, 0) is 35.2 Å². The maximum Gasteiger partial charge on any atom is 0.347 e. The number of carbonyl (C=O) groups excluding carboxylic acids is 3. The second kappa shape index (κ2) is 11.0. The van der Waals surface area contributed by atoms with E-state index in [-0.39, 0.29) is 13.2 Å². The normalized spacial score (nSPS) is 11.3. The molecular formula is C19H24O6. The van der Waals surface area contributed by atoms with E-state index in [9.17, 15) is 14.4 Å². The number of ether oxygens (including phenoxy) is 3. The molecule has 0 N–H and O–H groups in total. The van der Waals surface area contributed by atoms with Gasteiger partial charge in [0.05, 0.1) is 6.61 Å². The SMILES string of the molecule is C=C(C(=O)OCC)C(=O)OC(CCCC)C(=O)OCc1ccccc1. The molecule has 0 spiro atoms. The van der Waals surface area contributed by atoms with Crippen molar-refractivity contribution in [1.82, 2.24) is 0 Å². The van der Waals surface area contributed by atoms with Gasteiger partial charge >= 0.3 is 17.9 Å². The third-order valence-corrected chi connectivity index (χ3v) is 3.32. The van der Waals surface area contributed by atoms with E-state index >= 15 is 0 Å². The lowest BCUT2D eigenvalue weighted by Gasteiger charge is -2.17. The van der Waals surface area contributed by atoms with Gasteiger partial charge in [-0.1, -0.05) is 50.3 Å². The fraction of sp³-hybridized carbons (Fsp3) is 0.421. The Balaban J connectivity index is 2.65. The maximum atomic E-state index is 12.2. The molecule has 6 nitrogen and oxygen atoms in total. The maximum absolute atomic E-state index is 12.2. The first-order valence-electron chi connectivity index (χ1n) is 8.27. The first-order chi connectivity index (χ1) is 12.0. The van der Waals surface area contributed by atoms with E-state index in [4.69, 9.17) is 14.2 Å². The molecule has 1 atom stereocenters. The Morgan fingerprint density at radius 2 is 1.72 bits per heavy atom. The Morgan fingerprint density at radius 1 is 1.04 bits per heavy atom. The van der Waals surface area contributed by atoms with Crippen LogP contribution in [0.15, 0.2) is 42.5 Å². The molecule has 6 heteroatoms. The molecule has 1 aromatic rings. The molecule has 0 saturated heterocycles. The van der Waals surface area contributed by atoms with Crippen molar-refractivity contribution < 1.29 is 28.6 Å². The molecule has 1 aromatic carbocycles. The lowest BCUT2D eigenvalue weighted by atomic mass is 10.1. The Bertz CT molecular complexity index is 593. The number of unbranched alkanes of at least 4 members (excludes halogenated alkanes) is 1. The Labute approximate surface area is 147 Å². The summed E-state index contributed by atoms with van der Waals surface area (Å²) in [5, 5.41) is 0. The van der Waals surface area contributed by atoms with Crippen LogP contribution in [0, 0.1) is 0 Å². The van der Waals surface area contributed by atoms with Crippen molar-refractivity contribution in [1.29, 1.82) is 0 Å². The minimum Gasteiger partial charge on any atom is -0.462 e. The van der Waals surface area contributed by atoms with E-state index < -0.39 is 29.6 Å². The molecule has 0 amide bonds. The second-order valence-corrected chi connectivity index (χ2v) is 5.33. The molecule has 0 aliphatic rings. The molecule has 0 aliphatic carbocycles. The van der Waals surface area contributed by atoms with Crippen LogP contribution in [0.4, 0.5) is 0 Å². The highest BCUT2D eigenvalue weighted by atomic mass is 16.6. The molecule has 1 unspecified atom stereocenters. The van der Waals surface area contributed by atoms with Gasteiger partial charge in [0.15, 0.2) is 6.10 Å². The molecule has 25 heavy (non-hydrogen) atoms. The van der Waals surface area contributed by atoms with E-state index in [1.54, 1.807) is 6.92 Å². The molecule has 0 fully saturated rings. The summed E-state index contributed by atoms with van der Waals surface area (Å²) >= 11 is 0. The van der Waals surface area contributed by atoms with Gasteiger partial charge in [-0.25, -0.2) is 14.4 Å². The predicted octanol–water partition coefficient (Wildman–Crippen LogP) is 2.95. The number of hydrogen-bond donors (Lipinski definition) is 0. The van der Waals surface area contributed by atoms with Gasteiger partial charge in [-0.15, -0.1) is 0 Å². The predicted molar refractivity (Wildman–Crippen MR) is 91.4 cm³/mol. The summed E-state index contributed by atoms with van der Waals surface area (Å²) in [4.78, 5) is 35.7. The summed E-state index contributed by atoms with van der Waals surface area (Å²) in [7, 11) is 0. The average Bonchev–Trinajstić information content (AvgIpc) is 2.63. The van der Waals surface area contributed by atoms with E-state index in [2.05, 4.69) is 6.58 Å². The fourth-order valence-corrected chi connectivity index (χ4v) is 1.94. The van der Waals surface area contributed by atoms with Gasteiger partial charge in [-0.2, -0.15) is 0 Å². The van der Waals surface area contributed by atoms with Crippen LogP contribution in [0.3, 0.4) is 0 Å². The minimum atomic E-state index is -1.08. The van der Waals surface area contributed by atoms with Gasteiger partial charge in [-0.05, 0) is 25.3 Å². The molecule has 0 heterocycles. The molecule has 0 aliphatic heterocycles. The quantitative estimate of drug-likeness (QED) is 0.213. The van der Waals surface area contributed by atoms with Crippen LogP contribution in [0.1, 0.15) is 38.7 Å². The fourth-order valence-electron chi connectivity index (χ4n) is 1.94. The van der Waals surface area contributed by atoms with Crippen molar-refractivity contribution in [2.24, 2.45) is 0 Å². The van der Waals surface area contributed by atoms with E-state index in [1.165, 1.54) is 0 Å². The smallest absolute Gasteiger partial charge is 0.347 e. The van der Waals surface area contributed by atoms with E-state index in [1.807, 2.05) is 37.3 Å². The van der Waals surface area contributed by atoms with Gasteiger partial charge in [0.1, 0.15) is 12.2 Å². The van der Waals surface area contributed by atoms with E-state index in [0.29, 0.717) is 12.8 Å². The van der Waals surface area contributed by atoms with Crippen molar-refractivity contribution in [3.63, 3.8) is 0 Å². The Morgan fingerprint density at radius 3 is 2.32 bits per heavy atom. The first kappa shape index (κ1) is 20.4. The summed E-state index contributed by atoms with van der Waals surface area (Å²) in [5.74, 6) is -2.49. The van der Waals surface area contributed by atoms with Crippen molar-refractivity contribution in [3.05, 3.63) is 48.0 Å². The second-order valence-electron chi connectivity index (χ2n) is 5.33. The van der Waals surface area contributed by atoms with Crippen LogP contribution in [0.5, 0.6) is 0 Å². The summed E-state index contributed by atoms with van der Waals surface area (Å²) in [6, 6.07) is 9.17. The zero-order valence-corrected chi connectivity index (χ0v) is 14.7. The molecule has 136 valence electrons. The third kappa shape index (κ3) is 7.20. The van der Waals surface area contributed by atoms with Crippen LogP contribution < -0.4 is 0 Å². The highest BCUT2D eigenvalue weighted by Crippen LogP contribution is 2.12.